The predicted molar refractivity (Wildman–Crippen MR) is 113 cm³/mol. The van der Waals surface area contributed by atoms with Gasteiger partial charge in [-0.05, 0) is 62.7 Å². The molecule has 0 atom stereocenters. The first-order chi connectivity index (χ1) is 13.3. The molecule has 3 N–H and O–H groups in total. The van der Waals surface area contributed by atoms with Gasteiger partial charge < -0.3 is 20.7 Å². The standard InChI is InChI=1S/C22H27N3O3/c1-15(2)14-28-20-8-6-5-7-19(20)25-21(26)13-23-18-11-9-17(10-12-18)22(27)24-16(3)4/h5-12,16,23H,1,13-14H2,2-4H3,(H,24,27)(H,25,26). The Bertz CT molecular complexity index is 829. The van der Waals surface area contributed by atoms with E-state index in [1.165, 1.54) is 0 Å². The Labute approximate surface area is 166 Å². The highest BCUT2D eigenvalue weighted by molar-refractivity contribution is 5.96. The number of amides is 2. The van der Waals surface area contributed by atoms with Gasteiger partial charge in [-0.1, -0.05) is 18.7 Å². The van der Waals surface area contributed by atoms with Crippen molar-refractivity contribution < 1.29 is 14.3 Å². The van der Waals surface area contributed by atoms with Crippen LogP contribution in [0.15, 0.2) is 60.7 Å². The van der Waals surface area contributed by atoms with Gasteiger partial charge in [-0.3, -0.25) is 9.59 Å². The zero-order chi connectivity index (χ0) is 20.5. The molecule has 0 unspecified atom stereocenters. The third kappa shape index (κ3) is 6.79. The summed E-state index contributed by atoms with van der Waals surface area (Å²) in [5.41, 5.74) is 2.83. The van der Waals surface area contributed by atoms with Crippen LogP contribution in [0.25, 0.3) is 0 Å². The molecule has 2 aromatic carbocycles. The van der Waals surface area contributed by atoms with Gasteiger partial charge in [0.15, 0.2) is 0 Å². The number of nitrogens with one attached hydrogen (secondary N) is 3. The van der Waals surface area contributed by atoms with E-state index in [0.717, 1.165) is 11.3 Å². The second-order valence-electron chi connectivity index (χ2n) is 6.85. The Balaban J connectivity index is 1.89. The van der Waals surface area contributed by atoms with Gasteiger partial charge in [0.1, 0.15) is 12.4 Å². The molecule has 0 aliphatic rings. The Hall–Kier alpha value is -3.28. The second-order valence-corrected chi connectivity index (χ2v) is 6.85. The van der Waals surface area contributed by atoms with E-state index >= 15 is 0 Å². The van der Waals surface area contributed by atoms with Gasteiger partial charge in [0.05, 0.1) is 12.2 Å². The van der Waals surface area contributed by atoms with Gasteiger partial charge in [0, 0.05) is 17.3 Å². The molecule has 0 saturated heterocycles. The highest BCUT2D eigenvalue weighted by Crippen LogP contribution is 2.24. The van der Waals surface area contributed by atoms with E-state index in [4.69, 9.17) is 4.74 Å². The number of carbonyl (C=O) groups is 2. The summed E-state index contributed by atoms with van der Waals surface area (Å²) < 4.78 is 5.65. The van der Waals surface area contributed by atoms with Crippen LogP contribution in [-0.2, 0) is 4.79 Å². The highest BCUT2D eigenvalue weighted by atomic mass is 16.5. The van der Waals surface area contributed by atoms with Crippen LogP contribution in [0.3, 0.4) is 0 Å². The van der Waals surface area contributed by atoms with Crippen LogP contribution in [0.5, 0.6) is 5.75 Å². The number of benzene rings is 2. The van der Waals surface area contributed by atoms with Gasteiger partial charge in [0.25, 0.3) is 5.91 Å². The van der Waals surface area contributed by atoms with E-state index in [2.05, 4.69) is 22.5 Å². The molecule has 0 aliphatic carbocycles. The number of ether oxygens (including phenoxy) is 1. The molecule has 2 rings (SSSR count). The van der Waals surface area contributed by atoms with Gasteiger partial charge in [-0.15, -0.1) is 0 Å². The smallest absolute Gasteiger partial charge is 0.251 e. The third-order valence-corrected chi connectivity index (χ3v) is 3.66. The predicted octanol–water partition coefficient (Wildman–Crippen LogP) is 3.83. The second kappa shape index (κ2) is 10.2. The lowest BCUT2D eigenvalue weighted by Crippen LogP contribution is -2.30. The number of hydrogen-bond donors (Lipinski definition) is 3. The summed E-state index contributed by atoms with van der Waals surface area (Å²) in [4.78, 5) is 24.2. The fourth-order valence-corrected chi connectivity index (χ4v) is 2.36. The van der Waals surface area contributed by atoms with Crippen molar-refractivity contribution in [3.63, 3.8) is 0 Å². The lowest BCUT2D eigenvalue weighted by Gasteiger charge is -2.13. The Morgan fingerprint density at radius 1 is 1.07 bits per heavy atom. The zero-order valence-electron chi connectivity index (χ0n) is 16.5. The van der Waals surface area contributed by atoms with E-state index in [-0.39, 0.29) is 24.4 Å². The summed E-state index contributed by atoms with van der Waals surface area (Å²) >= 11 is 0. The molecule has 0 heterocycles. The van der Waals surface area contributed by atoms with Crippen LogP contribution in [0, 0.1) is 0 Å². The first-order valence-corrected chi connectivity index (χ1v) is 9.16. The van der Waals surface area contributed by atoms with Crippen molar-refractivity contribution in [2.24, 2.45) is 0 Å². The molecule has 6 nitrogen and oxygen atoms in total. The molecule has 2 aromatic rings. The number of para-hydroxylation sites is 2. The minimum absolute atomic E-state index is 0.0799. The topological polar surface area (TPSA) is 79.5 Å². The maximum atomic E-state index is 12.3. The van der Waals surface area contributed by atoms with Crippen LogP contribution >= 0.6 is 0 Å². The monoisotopic (exact) mass is 381 g/mol. The number of hydrogen-bond acceptors (Lipinski definition) is 4. The van der Waals surface area contributed by atoms with Crippen molar-refractivity contribution in [1.29, 1.82) is 0 Å². The molecule has 148 valence electrons. The number of anilines is 2. The van der Waals surface area contributed by atoms with Gasteiger partial charge >= 0.3 is 0 Å². The van der Waals surface area contributed by atoms with E-state index in [0.29, 0.717) is 23.6 Å². The van der Waals surface area contributed by atoms with E-state index < -0.39 is 0 Å². The van der Waals surface area contributed by atoms with Crippen LogP contribution in [0.4, 0.5) is 11.4 Å². The normalized spacial score (nSPS) is 10.3. The maximum Gasteiger partial charge on any atom is 0.251 e. The third-order valence-electron chi connectivity index (χ3n) is 3.66. The Kier molecular flexibility index (Phi) is 7.63. The molecule has 0 spiro atoms. The number of carbonyl (C=O) groups excluding carboxylic acids is 2. The van der Waals surface area contributed by atoms with Crippen molar-refractivity contribution in [2.75, 3.05) is 23.8 Å². The SMILES string of the molecule is C=C(C)COc1ccccc1NC(=O)CNc1ccc(C(=O)NC(C)C)cc1. The summed E-state index contributed by atoms with van der Waals surface area (Å²) in [6.45, 7) is 9.99. The lowest BCUT2D eigenvalue weighted by molar-refractivity contribution is -0.114. The molecule has 0 bridgehead atoms. The molecular weight excluding hydrogens is 354 g/mol. The summed E-state index contributed by atoms with van der Waals surface area (Å²) in [6, 6.07) is 14.3. The van der Waals surface area contributed by atoms with Crippen molar-refractivity contribution in [3.8, 4) is 5.75 Å². The maximum absolute atomic E-state index is 12.3. The summed E-state index contributed by atoms with van der Waals surface area (Å²) in [5.74, 6) is 0.276. The fourth-order valence-electron chi connectivity index (χ4n) is 2.36. The van der Waals surface area contributed by atoms with E-state index in [9.17, 15) is 9.59 Å². The number of rotatable bonds is 9. The van der Waals surface area contributed by atoms with Gasteiger partial charge in [-0.25, -0.2) is 0 Å². The quantitative estimate of drug-likeness (QED) is 0.577. The van der Waals surface area contributed by atoms with E-state index in [1.807, 2.05) is 32.9 Å². The van der Waals surface area contributed by atoms with Crippen LogP contribution in [-0.4, -0.2) is 31.0 Å². The Morgan fingerprint density at radius 3 is 2.39 bits per heavy atom. The molecule has 0 radical (unpaired) electrons. The highest BCUT2D eigenvalue weighted by Gasteiger charge is 2.09. The Morgan fingerprint density at radius 2 is 1.75 bits per heavy atom. The summed E-state index contributed by atoms with van der Waals surface area (Å²) in [6.07, 6.45) is 0. The van der Waals surface area contributed by atoms with Crippen LogP contribution < -0.4 is 20.7 Å². The van der Waals surface area contributed by atoms with E-state index in [1.54, 1.807) is 36.4 Å². The molecule has 0 aliphatic heterocycles. The van der Waals surface area contributed by atoms with Crippen molar-refractivity contribution in [2.45, 2.75) is 26.8 Å². The molecule has 6 heteroatoms. The first-order valence-electron chi connectivity index (χ1n) is 9.16. The summed E-state index contributed by atoms with van der Waals surface area (Å²) in [5, 5.41) is 8.72. The van der Waals surface area contributed by atoms with Crippen molar-refractivity contribution in [1.82, 2.24) is 5.32 Å². The minimum atomic E-state index is -0.201. The average molecular weight is 381 g/mol. The van der Waals surface area contributed by atoms with Crippen molar-refractivity contribution in [3.05, 3.63) is 66.2 Å². The lowest BCUT2D eigenvalue weighted by atomic mass is 10.2. The minimum Gasteiger partial charge on any atom is -0.487 e. The molecular formula is C22H27N3O3. The molecule has 28 heavy (non-hydrogen) atoms. The van der Waals surface area contributed by atoms with Gasteiger partial charge in [-0.2, -0.15) is 0 Å². The largest absolute Gasteiger partial charge is 0.487 e. The average Bonchev–Trinajstić information content (AvgIpc) is 2.65. The molecule has 0 aromatic heterocycles. The fraction of sp³-hybridized carbons (Fsp3) is 0.273. The van der Waals surface area contributed by atoms with Crippen LogP contribution in [0.1, 0.15) is 31.1 Å². The first kappa shape index (κ1) is 21.0. The molecule has 2 amide bonds. The van der Waals surface area contributed by atoms with Crippen LogP contribution in [0.2, 0.25) is 0 Å². The van der Waals surface area contributed by atoms with Crippen molar-refractivity contribution >= 4 is 23.2 Å². The molecule has 0 saturated carbocycles. The molecule has 0 fully saturated rings. The zero-order valence-corrected chi connectivity index (χ0v) is 16.5. The van der Waals surface area contributed by atoms with Gasteiger partial charge in [0.2, 0.25) is 5.91 Å². The summed E-state index contributed by atoms with van der Waals surface area (Å²) in [7, 11) is 0.